The van der Waals surface area contributed by atoms with Crippen LogP contribution >= 0.6 is 11.6 Å². The minimum absolute atomic E-state index is 0.327. The van der Waals surface area contributed by atoms with Gasteiger partial charge in [0.05, 0.1) is 61.6 Å². The van der Waals surface area contributed by atoms with Crippen molar-refractivity contribution in [1.82, 2.24) is 0 Å². The maximum atomic E-state index is 6.16. The summed E-state index contributed by atoms with van der Waals surface area (Å²) in [6, 6.07) is 13.0. The lowest BCUT2D eigenvalue weighted by Gasteiger charge is -2.18. The van der Waals surface area contributed by atoms with Crippen molar-refractivity contribution in [3.8, 4) is 46.0 Å². The molecule has 0 aromatic heterocycles. The first-order valence-electron chi connectivity index (χ1n) is 15.8. The van der Waals surface area contributed by atoms with Gasteiger partial charge in [0.2, 0.25) is 11.5 Å². The Morgan fingerprint density at radius 3 is 1.68 bits per heavy atom. The minimum Gasteiger partial charge on any atom is -0.493 e. The summed E-state index contributed by atoms with van der Waals surface area (Å²) in [6.45, 7) is 1.21. The molecule has 0 bridgehead atoms. The summed E-state index contributed by atoms with van der Waals surface area (Å²) in [4.78, 5) is 5.86. The Hall–Kier alpha value is -4.18. The second kappa shape index (κ2) is 18.2. The van der Waals surface area contributed by atoms with E-state index < -0.39 is 0 Å². The Morgan fingerprint density at radius 1 is 0.596 bits per heavy atom. The molecule has 1 unspecified atom stereocenters. The van der Waals surface area contributed by atoms with E-state index in [0.29, 0.717) is 70.7 Å². The SMILES string of the molecule is COc1ccc(Cl)cc1OCCCCCCCCCOc1c(OC)cc(C2CC(c3cc(OC)c(OC)c(OC)c3)=NO2)cc1OC. The number of hydrogen-bond donors (Lipinski definition) is 0. The van der Waals surface area contributed by atoms with Crippen molar-refractivity contribution in [2.24, 2.45) is 5.16 Å². The highest BCUT2D eigenvalue weighted by Gasteiger charge is 2.28. The number of oxime groups is 1. The van der Waals surface area contributed by atoms with Gasteiger partial charge in [-0.05, 0) is 49.2 Å². The number of rotatable bonds is 20. The highest BCUT2D eigenvalue weighted by atomic mass is 35.5. The highest BCUT2D eigenvalue weighted by molar-refractivity contribution is 6.30. The molecule has 3 aromatic rings. The van der Waals surface area contributed by atoms with Gasteiger partial charge in [-0.3, -0.25) is 0 Å². The summed E-state index contributed by atoms with van der Waals surface area (Å²) < 4.78 is 45.2. The molecule has 0 saturated heterocycles. The zero-order valence-electron chi connectivity index (χ0n) is 28.2. The molecule has 256 valence electrons. The van der Waals surface area contributed by atoms with Crippen molar-refractivity contribution < 1.29 is 42.7 Å². The van der Waals surface area contributed by atoms with Gasteiger partial charge in [-0.1, -0.05) is 48.9 Å². The number of methoxy groups -OCH3 is 6. The van der Waals surface area contributed by atoms with Crippen LogP contribution in [0.1, 0.15) is 68.6 Å². The van der Waals surface area contributed by atoms with E-state index in [0.717, 1.165) is 55.4 Å². The Morgan fingerprint density at radius 2 is 1.13 bits per heavy atom. The lowest BCUT2D eigenvalue weighted by atomic mass is 9.99. The molecule has 47 heavy (non-hydrogen) atoms. The van der Waals surface area contributed by atoms with Crippen LogP contribution in [0.15, 0.2) is 47.6 Å². The summed E-state index contributed by atoms with van der Waals surface area (Å²) in [5.74, 6) is 4.76. The predicted octanol–water partition coefficient (Wildman–Crippen LogP) is 8.45. The minimum atomic E-state index is -0.327. The van der Waals surface area contributed by atoms with E-state index in [1.165, 1.54) is 6.42 Å². The quantitative estimate of drug-likeness (QED) is 0.110. The second-order valence-corrected chi connectivity index (χ2v) is 11.4. The average molecular weight is 672 g/mol. The molecule has 1 aliphatic heterocycles. The van der Waals surface area contributed by atoms with Crippen LogP contribution in [0, 0.1) is 0 Å². The van der Waals surface area contributed by atoms with Crippen LogP contribution in [0.25, 0.3) is 0 Å². The van der Waals surface area contributed by atoms with E-state index in [-0.39, 0.29) is 6.10 Å². The van der Waals surface area contributed by atoms with Gasteiger partial charge < -0.3 is 42.7 Å². The maximum Gasteiger partial charge on any atom is 0.203 e. The van der Waals surface area contributed by atoms with E-state index in [1.807, 2.05) is 30.3 Å². The molecule has 0 aliphatic carbocycles. The summed E-state index contributed by atoms with van der Waals surface area (Å²) in [5.41, 5.74) is 2.46. The molecule has 10 nitrogen and oxygen atoms in total. The molecule has 3 aromatic carbocycles. The Labute approximate surface area is 282 Å². The Bertz CT molecular complexity index is 1430. The molecular weight excluding hydrogens is 626 g/mol. The molecule has 0 radical (unpaired) electrons. The molecule has 1 aliphatic rings. The first kappa shape index (κ1) is 35.7. The van der Waals surface area contributed by atoms with Gasteiger partial charge >= 0.3 is 0 Å². The second-order valence-electron chi connectivity index (χ2n) is 11.0. The fourth-order valence-corrected chi connectivity index (χ4v) is 5.57. The molecule has 11 heteroatoms. The first-order chi connectivity index (χ1) is 23.0. The van der Waals surface area contributed by atoms with Crippen molar-refractivity contribution >= 4 is 17.3 Å². The van der Waals surface area contributed by atoms with Crippen LogP contribution in [0.5, 0.6) is 46.0 Å². The summed E-state index contributed by atoms with van der Waals surface area (Å²) >= 11 is 6.07. The van der Waals surface area contributed by atoms with Gasteiger partial charge in [0.1, 0.15) is 0 Å². The summed E-state index contributed by atoms with van der Waals surface area (Å²) in [7, 11) is 9.61. The van der Waals surface area contributed by atoms with Crippen molar-refractivity contribution in [2.75, 3.05) is 55.9 Å². The van der Waals surface area contributed by atoms with Crippen molar-refractivity contribution in [1.29, 1.82) is 0 Å². The van der Waals surface area contributed by atoms with Crippen LogP contribution < -0.4 is 37.9 Å². The third kappa shape index (κ3) is 9.44. The maximum absolute atomic E-state index is 6.16. The lowest BCUT2D eigenvalue weighted by molar-refractivity contribution is 0.0852. The van der Waals surface area contributed by atoms with Gasteiger partial charge in [-0.25, -0.2) is 0 Å². The van der Waals surface area contributed by atoms with Crippen LogP contribution in [-0.4, -0.2) is 61.6 Å². The van der Waals surface area contributed by atoms with E-state index in [9.17, 15) is 0 Å². The topological polar surface area (TPSA) is 95.4 Å². The normalized spacial score (nSPS) is 13.8. The van der Waals surface area contributed by atoms with Crippen molar-refractivity contribution in [3.05, 3.63) is 58.6 Å². The van der Waals surface area contributed by atoms with Crippen LogP contribution in [0.2, 0.25) is 5.02 Å². The van der Waals surface area contributed by atoms with Crippen LogP contribution in [0.4, 0.5) is 0 Å². The number of hydrogen-bond acceptors (Lipinski definition) is 10. The van der Waals surface area contributed by atoms with Gasteiger partial charge in [-0.15, -0.1) is 0 Å². The fourth-order valence-electron chi connectivity index (χ4n) is 5.41. The predicted molar refractivity (Wildman–Crippen MR) is 182 cm³/mol. The largest absolute Gasteiger partial charge is 0.493 e. The number of unbranched alkanes of at least 4 members (excludes halogenated alkanes) is 6. The summed E-state index contributed by atoms with van der Waals surface area (Å²) in [5, 5.41) is 5.00. The smallest absolute Gasteiger partial charge is 0.203 e. The van der Waals surface area contributed by atoms with Gasteiger partial charge in [0.15, 0.2) is 40.6 Å². The van der Waals surface area contributed by atoms with Gasteiger partial charge in [0, 0.05) is 28.6 Å². The number of ether oxygens (including phenoxy) is 8. The van der Waals surface area contributed by atoms with Gasteiger partial charge in [0.25, 0.3) is 0 Å². The third-order valence-corrected chi connectivity index (χ3v) is 8.17. The average Bonchev–Trinajstić information content (AvgIpc) is 3.60. The monoisotopic (exact) mass is 671 g/mol. The zero-order chi connectivity index (χ0) is 33.6. The van der Waals surface area contributed by atoms with Crippen molar-refractivity contribution in [2.45, 2.75) is 57.5 Å². The van der Waals surface area contributed by atoms with E-state index in [2.05, 4.69) is 5.16 Å². The lowest BCUT2D eigenvalue weighted by Crippen LogP contribution is -2.06. The number of nitrogens with zero attached hydrogens (tertiary/aromatic N) is 1. The molecule has 1 atom stereocenters. The molecule has 0 spiro atoms. The molecule has 1 heterocycles. The molecule has 4 rings (SSSR count). The van der Waals surface area contributed by atoms with Gasteiger partial charge in [-0.2, -0.15) is 0 Å². The van der Waals surface area contributed by atoms with E-state index in [4.69, 9.17) is 54.3 Å². The molecule has 0 fully saturated rings. The molecule has 0 N–H and O–H groups in total. The molecule has 0 saturated carbocycles. The van der Waals surface area contributed by atoms with Crippen LogP contribution in [-0.2, 0) is 4.84 Å². The first-order valence-corrected chi connectivity index (χ1v) is 16.2. The zero-order valence-corrected chi connectivity index (χ0v) is 28.9. The summed E-state index contributed by atoms with van der Waals surface area (Å²) in [6.07, 6.45) is 7.80. The Kier molecular flexibility index (Phi) is 13.8. The van der Waals surface area contributed by atoms with E-state index >= 15 is 0 Å². The highest BCUT2D eigenvalue weighted by Crippen LogP contribution is 2.44. The molecular formula is C36H46ClNO9. The number of halogens is 1. The third-order valence-electron chi connectivity index (χ3n) is 7.94. The standard InChI is InChI=1S/C36H46ClNO9/c1-39-28-15-14-26(37)22-30(28)45-16-12-10-8-7-9-11-13-17-46-36-33(42-4)20-25(21-34(36)43-5)29-23-27(38-47-29)24-18-31(40-2)35(44-6)32(19-24)41-3/h14-15,18-22,29H,7-13,16-17,23H2,1-6H3. The van der Waals surface area contributed by atoms with E-state index in [1.54, 1.807) is 54.8 Å². The van der Waals surface area contributed by atoms with Crippen LogP contribution in [0.3, 0.4) is 0 Å². The number of benzene rings is 3. The van der Waals surface area contributed by atoms with Crippen molar-refractivity contribution in [3.63, 3.8) is 0 Å². The molecule has 0 amide bonds. The fraction of sp³-hybridized carbons (Fsp3) is 0.472. The Balaban J connectivity index is 1.21.